The molecular formula is C7H13N3OS. The zero-order chi connectivity index (χ0) is 8.97. The Bertz CT molecular complexity index is 291. The molecule has 0 bridgehead atoms. The van der Waals surface area contributed by atoms with Crippen LogP contribution in [-0.4, -0.2) is 26.5 Å². The van der Waals surface area contributed by atoms with Gasteiger partial charge in [0.15, 0.2) is 4.77 Å². The Morgan fingerprint density at radius 1 is 1.67 bits per heavy atom. The van der Waals surface area contributed by atoms with Gasteiger partial charge in [-0.15, -0.1) is 0 Å². The predicted octanol–water partition coefficient (Wildman–Crippen LogP) is 0.885. The van der Waals surface area contributed by atoms with E-state index in [1.165, 1.54) is 0 Å². The van der Waals surface area contributed by atoms with E-state index in [0.29, 0.717) is 4.77 Å². The average Bonchev–Trinajstić information content (AvgIpc) is 2.43. The van der Waals surface area contributed by atoms with Crippen molar-refractivity contribution >= 4 is 12.2 Å². The number of H-pyrrole nitrogens is 1. The van der Waals surface area contributed by atoms with E-state index in [1.807, 2.05) is 11.5 Å². The predicted molar refractivity (Wildman–Crippen MR) is 48.5 cm³/mol. The van der Waals surface area contributed by atoms with Crippen LogP contribution in [0.5, 0.6) is 0 Å². The molecule has 0 aromatic carbocycles. The molecule has 0 atom stereocenters. The van der Waals surface area contributed by atoms with Crippen LogP contribution in [0.15, 0.2) is 0 Å². The minimum absolute atomic E-state index is 0.198. The maximum Gasteiger partial charge on any atom is 0.195 e. The number of hydrogen-bond donors (Lipinski definition) is 2. The smallest absolute Gasteiger partial charge is 0.195 e. The summed E-state index contributed by atoms with van der Waals surface area (Å²) in [5, 5.41) is 15.4. The fourth-order valence-corrected chi connectivity index (χ4v) is 1.38. The van der Waals surface area contributed by atoms with Gasteiger partial charge < -0.3 is 9.67 Å². The maximum atomic E-state index is 8.62. The molecule has 4 nitrogen and oxygen atoms in total. The fourth-order valence-electron chi connectivity index (χ4n) is 1.10. The third-order valence-corrected chi connectivity index (χ3v) is 2.02. The van der Waals surface area contributed by atoms with E-state index >= 15 is 0 Å². The van der Waals surface area contributed by atoms with Gasteiger partial charge in [-0.1, -0.05) is 0 Å². The zero-order valence-electron chi connectivity index (χ0n) is 7.08. The first kappa shape index (κ1) is 9.41. The number of hydrogen-bond acceptors (Lipinski definition) is 3. The number of aliphatic hydroxyl groups is 1. The van der Waals surface area contributed by atoms with Crippen molar-refractivity contribution in [2.75, 3.05) is 6.61 Å². The van der Waals surface area contributed by atoms with Crippen LogP contribution >= 0.6 is 12.2 Å². The number of aromatic nitrogens is 3. The summed E-state index contributed by atoms with van der Waals surface area (Å²) in [6, 6.07) is 0. The van der Waals surface area contributed by atoms with E-state index in [-0.39, 0.29) is 6.61 Å². The van der Waals surface area contributed by atoms with Crippen LogP contribution in [0.25, 0.3) is 0 Å². The lowest BCUT2D eigenvalue weighted by molar-refractivity contribution is 0.287. The van der Waals surface area contributed by atoms with Crippen LogP contribution in [0.4, 0.5) is 0 Å². The average molecular weight is 187 g/mol. The molecule has 1 aromatic heterocycles. The monoisotopic (exact) mass is 187 g/mol. The van der Waals surface area contributed by atoms with E-state index in [9.17, 15) is 0 Å². The lowest BCUT2D eigenvalue weighted by atomic mass is 10.3. The molecule has 1 rings (SSSR count). The third kappa shape index (κ3) is 1.92. The van der Waals surface area contributed by atoms with Crippen LogP contribution in [0.1, 0.15) is 19.2 Å². The fraction of sp³-hybridized carbons (Fsp3) is 0.714. The van der Waals surface area contributed by atoms with Crippen molar-refractivity contribution in [1.29, 1.82) is 0 Å². The first-order valence-electron chi connectivity index (χ1n) is 4.04. The van der Waals surface area contributed by atoms with Crippen molar-refractivity contribution in [3.05, 3.63) is 10.6 Å². The Balaban J connectivity index is 2.77. The number of aryl methyl sites for hydroxylation is 1. The largest absolute Gasteiger partial charge is 0.396 e. The molecule has 0 spiro atoms. The quantitative estimate of drug-likeness (QED) is 0.688. The summed E-state index contributed by atoms with van der Waals surface area (Å²) in [4.78, 5) is 0. The molecule has 12 heavy (non-hydrogen) atoms. The highest BCUT2D eigenvalue weighted by atomic mass is 32.1. The first-order chi connectivity index (χ1) is 5.79. The number of nitrogens with one attached hydrogen (secondary N) is 1. The van der Waals surface area contributed by atoms with Gasteiger partial charge in [-0.3, -0.25) is 5.10 Å². The molecule has 68 valence electrons. The molecule has 0 saturated heterocycles. The lowest BCUT2D eigenvalue weighted by Gasteiger charge is -2.00. The molecule has 0 aliphatic rings. The summed E-state index contributed by atoms with van der Waals surface area (Å²) in [6.07, 6.45) is 1.51. The zero-order valence-corrected chi connectivity index (χ0v) is 7.89. The maximum absolute atomic E-state index is 8.62. The number of nitrogens with zero attached hydrogens (tertiary/aromatic N) is 2. The van der Waals surface area contributed by atoms with Crippen LogP contribution in [0.3, 0.4) is 0 Å². The van der Waals surface area contributed by atoms with Gasteiger partial charge in [0.05, 0.1) is 0 Å². The van der Waals surface area contributed by atoms with Gasteiger partial charge in [0.2, 0.25) is 0 Å². The van der Waals surface area contributed by atoms with Gasteiger partial charge >= 0.3 is 0 Å². The molecule has 0 fully saturated rings. The van der Waals surface area contributed by atoms with E-state index in [0.717, 1.165) is 25.2 Å². The minimum Gasteiger partial charge on any atom is -0.396 e. The Kier molecular flexibility index (Phi) is 3.43. The second kappa shape index (κ2) is 4.37. The highest BCUT2D eigenvalue weighted by Gasteiger charge is 2.02. The van der Waals surface area contributed by atoms with Crippen LogP contribution < -0.4 is 0 Å². The van der Waals surface area contributed by atoms with Crippen molar-refractivity contribution < 1.29 is 5.11 Å². The molecule has 1 heterocycles. The number of aliphatic hydroxyl groups excluding tert-OH is 1. The normalized spacial score (nSPS) is 10.5. The van der Waals surface area contributed by atoms with Gasteiger partial charge in [-0.2, -0.15) is 5.10 Å². The van der Waals surface area contributed by atoms with Gasteiger partial charge in [-0.05, 0) is 25.6 Å². The molecule has 0 aliphatic carbocycles. The molecule has 1 aromatic rings. The summed E-state index contributed by atoms with van der Waals surface area (Å²) in [5.74, 6) is 0.927. The van der Waals surface area contributed by atoms with Crippen LogP contribution in [0.2, 0.25) is 0 Å². The van der Waals surface area contributed by atoms with Gasteiger partial charge in [-0.25, -0.2) is 0 Å². The molecule has 5 heteroatoms. The summed E-state index contributed by atoms with van der Waals surface area (Å²) >= 11 is 5.00. The molecular weight excluding hydrogens is 174 g/mol. The highest BCUT2D eigenvalue weighted by molar-refractivity contribution is 7.71. The van der Waals surface area contributed by atoms with Crippen molar-refractivity contribution in [1.82, 2.24) is 14.8 Å². The van der Waals surface area contributed by atoms with Gasteiger partial charge in [0.25, 0.3) is 0 Å². The van der Waals surface area contributed by atoms with Gasteiger partial charge in [0.1, 0.15) is 5.82 Å². The van der Waals surface area contributed by atoms with E-state index < -0.39 is 0 Å². The SMILES string of the molecule is CCn1c(CCCO)n[nH]c1=S. The highest BCUT2D eigenvalue weighted by Crippen LogP contribution is 2.00. The van der Waals surface area contributed by atoms with Crippen molar-refractivity contribution in [2.45, 2.75) is 26.3 Å². The standard InChI is InChI=1S/C7H13N3OS/c1-2-10-6(4-3-5-11)8-9-7(10)12/h11H,2-5H2,1H3,(H,9,12). The molecule has 0 aliphatic heterocycles. The van der Waals surface area contributed by atoms with Crippen LogP contribution in [0, 0.1) is 4.77 Å². The van der Waals surface area contributed by atoms with E-state index in [4.69, 9.17) is 17.3 Å². The van der Waals surface area contributed by atoms with Crippen LogP contribution in [-0.2, 0) is 13.0 Å². The molecule has 2 N–H and O–H groups in total. The minimum atomic E-state index is 0.198. The number of aromatic amines is 1. The summed E-state index contributed by atoms with van der Waals surface area (Å²) < 4.78 is 2.59. The van der Waals surface area contributed by atoms with Gasteiger partial charge in [0, 0.05) is 19.6 Å². The number of rotatable bonds is 4. The van der Waals surface area contributed by atoms with E-state index in [1.54, 1.807) is 0 Å². The molecule has 0 amide bonds. The molecule has 0 unspecified atom stereocenters. The lowest BCUT2D eigenvalue weighted by Crippen LogP contribution is -2.02. The Labute approximate surface area is 76.2 Å². The molecule has 0 saturated carbocycles. The third-order valence-electron chi connectivity index (χ3n) is 1.71. The Hall–Kier alpha value is -0.680. The molecule has 0 radical (unpaired) electrons. The van der Waals surface area contributed by atoms with Crippen molar-refractivity contribution in [3.8, 4) is 0 Å². The first-order valence-corrected chi connectivity index (χ1v) is 4.45. The summed E-state index contributed by atoms with van der Waals surface area (Å²) in [7, 11) is 0. The second-order valence-electron chi connectivity index (χ2n) is 2.52. The Morgan fingerprint density at radius 3 is 3.00 bits per heavy atom. The van der Waals surface area contributed by atoms with Crippen molar-refractivity contribution in [2.24, 2.45) is 0 Å². The second-order valence-corrected chi connectivity index (χ2v) is 2.90. The topological polar surface area (TPSA) is 53.8 Å². The Morgan fingerprint density at radius 2 is 2.42 bits per heavy atom. The summed E-state index contributed by atoms with van der Waals surface area (Å²) in [6.45, 7) is 3.05. The summed E-state index contributed by atoms with van der Waals surface area (Å²) in [5.41, 5.74) is 0. The van der Waals surface area contributed by atoms with Crippen molar-refractivity contribution in [3.63, 3.8) is 0 Å². The van der Waals surface area contributed by atoms with E-state index in [2.05, 4.69) is 10.2 Å².